The van der Waals surface area contributed by atoms with Crippen molar-refractivity contribution in [3.8, 4) is 5.75 Å². The number of thioether (sulfide) groups is 1. The molecule has 4 aliphatic carbocycles. The van der Waals surface area contributed by atoms with Crippen LogP contribution in [0.1, 0.15) is 119 Å². The standard InChI is InChI=1S/C37H56O2S/c1-7-34(39-28-14-9-8-10-15-28)35(38)40-29-20-22-36(5)27(24-29)16-17-30-32-19-18-31(26(4)13-11-12-25(2)3)37(32,6)23-21-33(30)36/h8-10,14-16,25-26,29-34H,7,11-13,17-24H2,1-6H3/t26-,29+,30-,31+,32-,33-,34+,36+,37-/m1/s1. The van der Waals surface area contributed by atoms with Crippen LogP contribution in [0.15, 0.2) is 42.0 Å². The summed E-state index contributed by atoms with van der Waals surface area (Å²) in [5.74, 6) is 6.05. The van der Waals surface area contributed by atoms with E-state index in [9.17, 15) is 4.79 Å². The Morgan fingerprint density at radius 2 is 1.77 bits per heavy atom. The maximum absolute atomic E-state index is 13.3. The minimum atomic E-state index is -0.357. The fraction of sp³-hybridized carbons (Fsp3) is 0.757. The Kier molecular flexibility index (Phi) is 9.50. The van der Waals surface area contributed by atoms with Crippen LogP contribution < -0.4 is 4.74 Å². The van der Waals surface area contributed by atoms with E-state index in [1.54, 1.807) is 17.3 Å². The molecule has 0 heterocycles. The fourth-order valence-electron chi connectivity index (χ4n) is 9.95. The molecule has 0 radical (unpaired) electrons. The first-order valence-corrected chi connectivity index (χ1v) is 17.6. The maximum atomic E-state index is 13.3. The molecule has 0 aromatic heterocycles. The van der Waals surface area contributed by atoms with Crippen LogP contribution in [0.2, 0.25) is 0 Å². The van der Waals surface area contributed by atoms with E-state index >= 15 is 0 Å². The van der Waals surface area contributed by atoms with Crippen LogP contribution in [0.4, 0.5) is 0 Å². The minimum Gasteiger partial charge on any atom is -0.482 e. The largest absolute Gasteiger partial charge is 0.482 e. The van der Waals surface area contributed by atoms with Gasteiger partial charge in [0.15, 0.2) is 6.10 Å². The average molecular weight is 565 g/mol. The normalized spacial score (nSPS) is 36.7. The molecule has 4 aliphatic rings. The van der Waals surface area contributed by atoms with Crippen LogP contribution in [0.25, 0.3) is 0 Å². The molecule has 0 aliphatic heterocycles. The van der Waals surface area contributed by atoms with E-state index in [-0.39, 0.29) is 11.2 Å². The van der Waals surface area contributed by atoms with E-state index in [1.165, 1.54) is 57.8 Å². The molecule has 0 bridgehead atoms. The number of para-hydroxylation sites is 1. The lowest BCUT2D eigenvalue weighted by Crippen LogP contribution is -2.50. The summed E-state index contributed by atoms with van der Waals surface area (Å²) in [5.41, 5.74) is 2.58. The summed E-state index contributed by atoms with van der Waals surface area (Å²) in [7, 11) is 0. The van der Waals surface area contributed by atoms with Gasteiger partial charge < -0.3 is 4.74 Å². The topological polar surface area (TPSA) is 26.3 Å². The number of allylic oxidation sites excluding steroid dienone is 2. The molecule has 5 rings (SSSR count). The molecule has 222 valence electrons. The van der Waals surface area contributed by atoms with Gasteiger partial charge in [0.05, 0.1) is 0 Å². The third kappa shape index (κ3) is 5.97. The van der Waals surface area contributed by atoms with Crippen molar-refractivity contribution >= 4 is 16.9 Å². The van der Waals surface area contributed by atoms with Gasteiger partial charge in [0.2, 0.25) is 5.12 Å². The molecule has 1 aromatic carbocycles. The lowest BCUT2D eigenvalue weighted by Gasteiger charge is -2.58. The maximum Gasteiger partial charge on any atom is 0.229 e. The van der Waals surface area contributed by atoms with Gasteiger partial charge in [-0.2, -0.15) is 0 Å². The second kappa shape index (κ2) is 12.6. The number of ether oxygens (including phenoxy) is 1. The summed E-state index contributed by atoms with van der Waals surface area (Å²) in [4.78, 5) is 13.3. The summed E-state index contributed by atoms with van der Waals surface area (Å²) >= 11 is 1.58. The van der Waals surface area contributed by atoms with E-state index in [4.69, 9.17) is 4.74 Å². The van der Waals surface area contributed by atoms with Gasteiger partial charge in [-0.15, -0.1) is 0 Å². The van der Waals surface area contributed by atoms with Gasteiger partial charge in [-0.25, -0.2) is 0 Å². The van der Waals surface area contributed by atoms with Crippen molar-refractivity contribution < 1.29 is 9.53 Å². The van der Waals surface area contributed by atoms with E-state index < -0.39 is 0 Å². The molecule has 0 N–H and O–H groups in total. The van der Waals surface area contributed by atoms with E-state index in [0.717, 1.165) is 60.5 Å². The van der Waals surface area contributed by atoms with Gasteiger partial charge in [0, 0.05) is 5.25 Å². The van der Waals surface area contributed by atoms with Crippen molar-refractivity contribution in [2.75, 3.05) is 0 Å². The highest BCUT2D eigenvalue weighted by Crippen LogP contribution is 2.67. The second-order valence-electron chi connectivity index (χ2n) is 14.9. The van der Waals surface area contributed by atoms with Gasteiger partial charge in [-0.1, -0.05) is 102 Å². The highest BCUT2D eigenvalue weighted by molar-refractivity contribution is 8.14. The Bertz CT molecular complexity index is 1030. The molecular formula is C37H56O2S. The van der Waals surface area contributed by atoms with Gasteiger partial charge >= 0.3 is 0 Å². The van der Waals surface area contributed by atoms with Crippen LogP contribution in [0.5, 0.6) is 5.75 Å². The van der Waals surface area contributed by atoms with Crippen molar-refractivity contribution in [2.24, 2.45) is 46.3 Å². The number of fused-ring (bicyclic) bond motifs is 5. The minimum absolute atomic E-state index is 0.210. The van der Waals surface area contributed by atoms with Crippen LogP contribution in [-0.2, 0) is 4.79 Å². The van der Waals surface area contributed by atoms with Gasteiger partial charge in [-0.05, 0) is 116 Å². The first kappa shape index (κ1) is 30.2. The molecule has 3 heteroatoms. The van der Waals surface area contributed by atoms with E-state index in [1.807, 2.05) is 30.3 Å². The van der Waals surface area contributed by atoms with Gasteiger partial charge in [-0.3, -0.25) is 4.79 Å². The summed E-state index contributed by atoms with van der Waals surface area (Å²) < 4.78 is 6.09. The van der Waals surface area contributed by atoms with Crippen molar-refractivity contribution in [1.82, 2.24) is 0 Å². The van der Waals surface area contributed by atoms with Crippen LogP contribution in [0.3, 0.4) is 0 Å². The van der Waals surface area contributed by atoms with Crippen LogP contribution in [-0.4, -0.2) is 16.5 Å². The average Bonchev–Trinajstić information content (AvgIpc) is 3.29. The predicted molar refractivity (Wildman–Crippen MR) is 171 cm³/mol. The van der Waals surface area contributed by atoms with Gasteiger partial charge in [0.1, 0.15) is 5.75 Å². The van der Waals surface area contributed by atoms with Crippen LogP contribution >= 0.6 is 11.8 Å². The predicted octanol–water partition coefficient (Wildman–Crippen LogP) is 10.5. The lowest BCUT2D eigenvalue weighted by atomic mass is 9.47. The number of benzene rings is 1. The molecule has 0 unspecified atom stereocenters. The lowest BCUT2D eigenvalue weighted by molar-refractivity contribution is -0.117. The first-order valence-electron chi connectivity index (χ1n) is 16.8. The quantitative estimate of drug-likeness (QED) is 0.264. The fourth-order valence-corrected chi connectivity index (χ4v) is 11.1. The SMILES string of the molecule is CC[C@H](Oc1ccccc1)C(=O)S[C@H]1CC[C@@]2(C)C(=CC[C@@H]3[C@H]4CC[C@@H]([C@H](C)CCCC(C)C)[C@@]4(C)CC[C@H]32)C1. The zero-order valence-corrected chi connectivity index (χ0v) is 27.1. The molecule has 1 aromatic rings. The number of hydrogen-bond acceptors (Lipinski definition) is 3. The molecule has 2 nitrogen and oxygen atoms in total. The van der Waals surface area contributed by atoms with E-state index in [2.05, 4.69) is 47.6 Å². The second-order valence-corrected chi connectivity index (χ2v) is 16.2. The smallest absolute Gasteiger partial charge is 0.229 e. The third-order valence-corrected chi connectivity index (χ3v) is 13.4. The molecule has 0 spiro atoms. The zero-order chi connectivity index (χ0) is 28.5. The van der Waals surface area contributed by atoms with E-state index in [0.29, 0.717) is 16.1 Å². The highest BCUT2D eigenvalue weighted by Gasteiger charge is 2.59. The number of rotatable bonds is 10. The molecule has 40 heavy (non-hydrogen) atoms. The molecule has 0 amide bonds. The molecule has 0 saturated heterocycles. The van der Waals surface area contributed by atoms with Crippen molar-refractivity contribution in [3.05, 3.63) is 42.0 Å². The summed E-state index contributed by atoms with van der Waals surface area (Å²) in [6.07, 6.45) is 17.8. The highest BCUT2D eigenvalue weighted by atomic mass is 32.2. The summed E-state index contributed by atoms with van der Waals surface area (Å²) in [6.45, 7) is 14.7. The van der Waals surface area contributed by atoms with Gasteiger partial charge in [0.25, 0.3) is 0 Å². The number of carbonyl (C=O) groups is 1. The van der Waals surface area contributed by atoms with Crippen LogP contribution in [0, 0.1) is 46.3 Å². The monoisotopic (exact) mass is 564 g/mol. The van der Waals surface area contributed by atoms with Crippen molar-refractivity contribution in [3.63, 3.8) is 0 Å². The Morgan fingerprint density at radius 1 is 1.00 bits per heavy atom. The number of carbonyl (C=O) groups excluding carboxylic acids is 1. The van der Waals surface area contributed by atoms with Crippen molar-refractivity contribution in [1.29, 1.82) is 0 Å². The van der Waals surface area contributed by atoms with Crippen molar-refractivity contribution in [2.45, 2.75) is 130 Å². The first-order chi connectivity index (χ1) is 19.2. The zero-order valence-electron chi connectivity index (χ0n) is 26.3. The molecular weight excluding hydrogens is 508 g/mol. The Labute approximate surface area is 249 Å². The Hall–Kier alpha value is -1.22. The summed E-state index contributed by atoms with van der Waals surface area (Å²) in [6, 6.07) is 9.83. The Morgan fingerprint density at radius 3 is 2.50 bits per heavy atom. The third-order valence-electron chi connectivity index (χ3n) is 12.2. The molecule has 3 fully saturated rings. The molecule has 9 atom stereocenters. The Balaban J connectivity index is 1.22. The molecule has 3 saturated carbocycles. The number of hydrogen-bond donors (Lipinski definition) is 0. The summed E-state index contributed by atoms with van der Waals surface area (Å²) in [5, 5.41) is 0.607.